The molecular formula is C12H12Cl2F3N3. The first-order chi connectivity index (χ1) is 9.19. The van der Waals surface area contributed by atoms with Crippen molar-refractivity contribution >= 4 is 34.4 Å². The Morgan fingerprint density at radius 1 is 1.35 bits per heavy atom. The van der Waals surface area contributed by atoms with Gasteiger partial charge in [0.2, 0.25) is 0 Å². The minimum Gasteiger partial charge on any atom is -0.308 e. The largest absolute Gasteiger partial charge is 0.391 e. The number of pyridine rings is 1. The zero-order valence-electron chi connectivity index (χ0n) is 10.7. The Hall–Kier alpha value is -1.01. The molecule has 0 aliphatic heterocycles. The van der Waals surface area contributed by atoms with Crippen molar-refractivity contribution in [1.29, 1.82) is 0 Å². The maximum Gasteiger partial charge on any atom is 0.391 e. The maximum atomic E-state index is 12.6. The third kappa shape index (κ3) is 3.17. The molecule has 0 aromatic carbocycles. The molecule has 0 spiro atoms. The molecule has 0 radical (unpaired) electrons. The number of rotatable bonds is 3. The summed E-state index contributed by atoms with van der Waals surface area (Å²) in [6.07, 6.45) is -3.86. The second-order valence-electron chi connectivity index (χ2n) is 4.62. The van der Waals surface area contributed by atoms with E-state index in [1.54, 1.807) is 13.0 Å². The molecule has 2 atom stereocenters. The van der Waals surface area contributed by atoms with Gasteiger partial charge in [-0.25, -0.2) is 9.97 Å². The van der Waals surface area contributed by atoms with E-state index in [1.165, 1.54) is 17.7 Å². The van der Waals surface area contributed by atoms with Gasteiger partial charge in [0.25, 0.3) is 0 Å². The second kappa shape index (κ2) is 5.41. The smallest absolute Gasteiger partial charge is 0.308 e. The van der Waals surface area contributed by atoms with Gasteiger partial charge in [-0.05, 0) is 19.9 Å². The van der Waals surface area contributed by atoms with Crippen LogP contribution in [0.15, 0.2) is 12.3 Å². The van der Waals surface area contributed by atoms with Crippen LogP contribution in [0.4, 0.5) is 13.2 Å². The highest BCUT2D eigenvalue weighted by Gasteiger charge is 2.33. The van der Waals surface area contributed by atoms with Gasteiger partial charge in [-0.1, -0.05) is 11.6 Å². The fraction of sp³-hybridized carbons (Fsp3) is 0.500. The molecule has 2 unspecified atom stereocenters. The van der Waals surface area contributed by atoms with Crippen LogP contribution in [0.5, 0.6) is 0 Å². The fourth-order valence-electron chi connectivity index (χ4n) is 2.12. The molecule has 0 amide bonds. The van der Waals surface area contributed by atoms with Gasteiger partial charge in [-0.15, -0.1) is 11.6 Å². The van der Waals surface area contributed by atoms with E-state index in [0.717, 1.165) is 0 Å². The van der Waals surface area contributed by atoms with Crippen molar-refractivity contribution in [1.82, 2.24) is 14.5 Å². The summed E-state index contributed by atoms with van der Waals surface area (Å²) < 4.78 is 39.2. The van der Waals surface area contributed by atoms with E-state index in [1.807, 2.05) is 0 Å². The molecule has 0 saturated carbocycles. The first-order valence-corrected chi connectivity index (χ1v) is 6.74. The second-order valence-corrected chi connectivity index (χ2v) is 5.71. The molecule has 20 heavy (non-hydrogen) atoms. The number of hydrogen-bond donors (Lipinski definition) is 0. The summed E-state index contributed by atoms with van der Waals surface area (Å²) in [5, 5.41) is -0.155. The lowest BCUT2D eigenvalue weighted by molar-refractivity contribution is -0.141. The monoisotopic (exact) mass is 325 g/mol. The number of nitrogens with zero attached hydrogens (tertiary/aromatic N) is 3. The van der Waals surface area contributed by atoms with E-state index in [9.17, 15) is 13.2 Å². The molecule has 0 fully saturated rings. The normalized spacial score (nSPS) is 15.6. The van der Waals surface area contributed by atoms with Gasteiger partial charge in [0.1, 0.15) is 11.3 Å². The van der Waals surface area contributed by atoms with Crippen molar-refractivity contribution in [3.05, 3.63) is 23.1 Å². The summed E-state index contributed by atoms with van der Waals surface area (Å²) in [5.41, 5.74) is 0.794. The Kier molecular flexibility index (Phi) is 4.16. The van der Waals surface area contributed by atoms with Crippen molar-refractivity contribution in [2.75, 3.05) is 0 Å². The summed E-state index contributed by atoms with van der Waals surface area (Å²) in [7, 11) is 0. The fourth-order valence-corrected chi connectivity index (χ4v) is 2.42. The standard InChI is InChI=1S/C12H12Cl2F3N3/c1-6(4-12(15,16)17)20-10(7(2)13)19-9-3-8(14)5-18-11(9)20/h3,5-7H,4H2,1-2H3. The van der Waals surface area contributed by atoms with Gasteiger partial charge < -0.3 is 4.57 Å². The van der Waals surface area contributed by atoms with Gasteiger partial charge in [-0.3, -0.25) is 0 Å². The highest BCUT2D eigenvalue weighted by molar-refractivity contribution is 6.31. The van der Waals surface area contributed by atoms with E-state index in [4.69, 9.17) is 23.2 Å². The van der Waals surface area contributed by atoms with E-state index in [-0.39, 0.29) is 0 Å². The van der Waals surface area contributed by atoms with Crippen molar-refractivity contribution in [3.8, 4) is 0 Å². The number of fused-ring (bicyclic) bond motifs is 1. The minimum atomic E-state index is -4.27. The molecular weight excluding hydrogens is 314 g/mol. The van der Waals surface area contributed by atoms with Crippen molar-refractivity contribution in [2.24, 2.45) is 0 Å². The SMILES string of the molecule is CC(Cl)c1nc2cc(Cl)cnc2n1C(C)CC(F)(F)F. The predicted octanol–water partition coefficient (Wildman–Crippen LogP) is 4.90. The lowest BCUT2D eigenvalue weighted by atomic mass is 10.2. The Morgan fingerprint density at radius 3 is 2.55 bits per heavy atom. The third-order valence-corrected chi connectivity index (χ3v) is 3.25. The van der Waals surface area contributed by atoms with Crippen LogP contribution in [-0.2, 0) is 0 Å². The van der Waals surface area contributed by atoms with Gasteiger partial charge >= 0.3 is 6.18 Å². The summed E-state index contributed by atoms with van der Waals surface area (Å²) in [6.45, 7) is 3.12. The van der Waals surface area contributed by atoms with Crippen LogP contribution in [0, 0.1) is 0 Å². The zero-order chi connectivity index (χ0) is 15.1. The van der Waals surface area contributed by atoms with Crippen molar-refractivity contribution in [3.63, 3.8) is 0 Å². The molecule has 0 aliphatic rings. The average molecular weight is 326 g/mol. The molecule has 0 N–H and O–H groups in total. The lowest BCUT2D eigenvalue weighted by Gasteiger charge is -2.19. The number of halogens is 5. The van der Waals surface area contributed by atoms with E-state index in [0.29, 0.717) is 22.0 Å². The van der Waals surface area contributed by atoms with Crippen LogP contribution in [0.25, 0.3) is 11.2 Å². The Bertz CT molecular complexity index is 622. The first-order valence-electron chi connectivity index (χ1n) is 5.93. The van der Waals surface area contributed by atoms with Gasteiger partial charge in [0.05, 0.1) is 16.8 Å². The topological polar surface area (TPSA) is 30.7 Å². The number of hydrogen-bond acceptors (Lipinski definition) is 2. The molecule has 3 nitrogen and oxygen atoms in total. The average Bonchev–Trinajstić information content (AvgIpc) is 2.64. The molecule has 8 heteroatoms. The minimum absolute atomic E-state index is 0.355. The van der Waals surface area contributed by atoms with Crippen LogP contribution in [0.1, 0.15) is 37.5 Å². The van der Waals surface area contributed by atoms with E-state index >= 15 is 0 Å². The molecule has 2 aromatic heterocycles. The van der Waals surface area contributed by atoms with Crippen LogP contribution < -0.4 is 0 Å². The highest BCUT2D eigenvalue weighted by Crippen LogP contribution is 2.33. The van der Waals surface area contributed by atoms with E-state index in [2.05, 4.69) is 9.97 Å². The van der Waals surface area contributed by atoms with E-state index < -0.39 is 24.0 Å². The summed E-state index contributed by atoms with van der Waals surface area (Å²) in [6, 6.07) is 0.716. The number of aromatic nitrogens is 3. The first kappa shape index (κ1) is 15.4. The lowest BCUT2D eigenvalue weighted by Crippen LogP contribution is -2.18. The molecule has 0 bridgehead atoms. The zero-order valence-corrected chi connectivity index (χ0v) is 12.3. The molecule has 0 aliphatic carbocycles. The van der Waals surface area contributed by atoms with Crippen LogP contribution >= 0.6 is 23.2 Å². The van der Waals surface area contributed by atoms with Gasteiger partial charge in [0.15, 0.2) is 5.65 Å². The number of alkyl halides is 4. The van der Waals surface area contributed by atoms with Gasteiger partial charge in [-0.2, -0.15) is 13.2 Å². The number of imidazole rings is 1. The predicted molar refractivity (Wildman–Crippen MR) is 72.2 cm³/mol. The molecule has 2 rings (SSSR count). The van der Waals surface area contributed by atoms with Gasteiger partial charge in [0, 0.05) is 12.2 Å². The summed E-state index contributed by atoms with van der Waals surface area (Å²) in [5.74, 6) is 0.355. The Labute approximate surface area is 123 Å². The highest BCUT2D eigenvalue weighted by atomic mass is 35.5. The third-order valence-electron chi connectivity index (χ3n) is 2.85. The maximum absolute atomic E-state index is 12.6. The summed E-state index contributed by atoms with van der Waals surface area (Å²) >= 11 is 11.8. The molecule has 110 valence electrons. The van der Waals surface area contributed by atoms with Crippen LogP contribution in [0.3, 0.4) is 0 Å². The molecule has 0 saturated heterocycles. The van der Waals surface area contributed by atoms with Crippen molar-refractivity contribution in [2.45, 2.75) is 37.9 Å². The Balaban J connectivity index is 2.57. The molecule has 2 aromatic rings. The van der Waals surface area contributed by atoms with Crippen molar-refractivity contribution < 1.29 is 13.2 Å². The summed E-state index contributed by atoms with van der Waals surface area (Å²) in [4.78, 5) is 8.32. The van der Waals surface area contributed by atoms with Crippen LogP contribution in [-0.4, -0.2) is 20.7 Å². The Morgan fingerprint density at radius 2 is 2.00 bits per heavy atom. The molecule has 2 heterocycles. The van der Waals surface area contributed by atoms with Crippen LogP contribution in [0.2, 0.25) is 5.02 Å². The quantitative estimate of drug-likeness (QED) is 0.751.